The predicted molar refractivity (Wildman–Crippen MR) is 97.3 cm³/mol. The highest BCUT2D eigenvalue weighted by Gasteiger charge is 2.25. The number of anilines is 1. The van der Waals surface area contributed by atoms with Gasteiger partial charge in [0.05, 0.1) is 23.4 Å². The van der Waals surface area contributed by atoms with Crippen LogP contribution in [-0.2, 0) is 11.3 Å². The first-order chi connectivity index (χ1) is 12.8. The van der Waals surface area contributed by atoms with E-state index < -0.39 is 16.9 Å². The highest BCUT2D eigenvalue weighted by molar-refractivity contribution is 5.91. The van der Waals surface area contributed by atoms with E-state index in [1.54, 1.807) is 18.5 Å². The molecule has 0 saturated carbocycles. The third-order valence-corrected chi connectivity index (χ3v) is 4.21. The van der Waals surface area contributed by atoms with Crippen molar-refractivity contribution in [1.29, 1.82) is 0 Å². The number of nitro groups is 1. The number of nitrogens with one attached hydrogen (secondary N) is 1. The first-order valence-corrected chi connectivity index (χ1v) is 8.30. The fourth-order valence-electron chi connectivity index (χ4n) is 2.67. The number of rotatable bonds is 6. The molecule has 10 heteroatoms. The van der Waals surface area contributed by atoms with Gasteiger partial charge in [-0.05, 0) is 36.8 Å². The maximum atomic E-state index is 12.4. The summed E-state index contributed by atoms with van der Waals surface area (Å²) in [6, 6.07) is 8.51. The van der Waals surface area contributed by atoms with Crippen LogP contribution in [0, 0.1) is 24.0 Å². The van der Waals surface area contributed by atoms with Gasteiger partial charge >= 0.3 is 5.82 Å². The van der Waals surface area contributed by atoms with E-state index in [9.17, 15) is 14.9 Å². The molecule has 1 N–H and O–H groups in total. The fraction of sp³-hybridized carbons (Fsp3) is 0.294. The van der Waals surface area contributed by atoms with Crippen LogP contribution in [0.25, 0.3) is 0 Å². The second-order valence-corrected chi connectivity index (χ2v) is 6.20. The van der Waals surface area contributed by atoms with Crippen LogP contribution in [0.3, 0.4) is 0 Å². The molecule has 2 heterocycles. The molecule has 1 unspecified atom stereocenters. The van der Waals surface area contributed by atoms with E-state index in [4.69, 9.17) is 0 Å². The molecule has 1 atom stereocenters. The van der Waals surface area contributed by atoms with Gasteiger partial charge in [-0.1, -0.05) is 24.3 Å². The first kappa shape index (κ1) is 18.2. The minimum absolute atomic E-state index is 0.166. The molecule has 140 valence electrons. The molecule has 0 radical (unpaired) electrons. The molecule has 27 heavy (non-hydrogen) atoms. The van der Waals surface area contributed by atoms with Crippen molar-refractivity contribution in [2.75, 3.05) is 5.32 Å². The van der Waals surface area contributed by atoms with Gasteiger partial charge in [0.25, 0.3) is 5.91 Å². The Bertz CT molecular complexity index is 992. The number of aromatic nitrogens is 5. The molecule has 10 nitrogen and oxygen atoms in total. The summed E-state index contributed by atoms with van der Waals surface area (Å²) in [5, 5.41) is 21.6. The molecule has 0 fully saturated rings. The number of carbonyl (C=O) groups excluding carboxylic acids is 1. The zero-order valence-electron chi connectivity index (χ0n) is 15.2. The van der Waals surface area contributed by atoms with E-state index in [0.717, 1.165) is 11.1 Å². The Morgan fingerprint density at radius 1 is 1.30 bits per heavy atom. The van der Waals surface area contributed by atoms with Crippen LogP contribution in [-0.4, -0.2) is 35.4 Å². The van der Waals surface area contributed by atoms with E-state index in [-0.39, 0.29) is 11.8 Å². The van der Waals surface area contributed by atoms with Gasteiger partial charge in [0.2, 0.25) is 5.95 Å². The number of hydrogen-bond acceptors (Lipinski definition) is 6. The highest BCUT2D eigenvalue weighted by atomic mass is 16.6. The molecular formula is C17H19N7O3. The lowest BCUT2D eigenvalue weighted by atomic mass is 10.1. The Labute approximate surface area is 155 Å². The average Bonchev–Trinajstić information content (AvgIpc) is 3.23. The summed E-state index contributed by atoms with van der Waals surface area (Å²) in [6.45, 7) is 5.81. The van der Waals surface area contributed by atoms with E-state index in [1.807, 2.05) is 31.2 Å². The Kier molecular flexibility index (Phi) is 4.97. The summed E-state index contributed by atoms with van der Waals surface area (Å²) >= 11 is 0. The largest absolute Gasteiger partial charge is 0.390 e. The molecular weight excluding hydrogens is 350 g/mol. The normalized spacial score (nSPS) is 12.0. The monoisotopic (exact) mass is 369 g/mol. The van der Waals surface area contributed by atoms with Crippen molar-refractivity contribution in [3.8, 4) is 0 Å². The third-order valence-electron chi connectivity index (χ3n) is 4.21. The van der Waals surface area contributed by atoms with Gasteiger partial charge in [-0.3, -0.25) is 10.1 Å². The highest BCUT2D eigenvalue weighted by Crippen LogP contribution is 2.17. The summed E-state index contributed by atoms with van der Waals surface area (Å²) in [5.74, 6) is -0.544. The molecule has 0 aliphatic carbocycles. The molecule has 3 rings (SSSR count). The van der Waals surface area contributed by atoms with Gasteiger partial charge in [0.15, 0.2) is 0 Å². The van der Waals surface area contributed by atoms with Crippen LogP contribution >= 0.6 is 0 Å². The number of benzene rings is 1. The van der Waals surface area contributed by atoms with Gasteiger partial charge in [-0.15, -0.1) is 5.10 Å². The Balaban J connectivity index is 1.69. The number of hydrogen-bond donors (Lipinski definition) is 1. The maximum absolute atomic E-state index is 12.4. The second kappa shape index (κ2) is 7.36. The van der Waals surface area contributed by atoms with E-state index >= 15 is 0 Å². The van der Waals surface area contributed by atoms with E-state index in [1.165, 1.54) is 17.1 Å². The zero-order chi connectivity index (χ0) is 19.6. The average molecular weight is 369 g/mol. The van der Waals surface area contributed by atoms with Crippen molar-refractivity contribution >= 4 is 17.7 Å². The summed E-state index contributed by atoms with van der Waals surface area (Å²) in [6.07, 6.45) is 1.54. The third kappa shape index (κ3) is 4.00. The Hall–Kier alpha value is -3.56. The SMILES string of the molecule is Cc1ccccc1Cn1cnc(NC(=O)C(C)n2nc([N+](=O)[O-])cc2C)n1. The van der Waals surface area contributed by atoms with Crippen LogP contribution < -0.4 is 5.32 Å². The topological polar surface area (TPSA) is 121 Å². The number of carbonyl (C=O) groups is 1. The molecule has 0 spiro atoms. The van der Waals surface area contributed by atoms with Crippen molar-refractivity contribution in [2.45, 2.75) is 33.4 Å². The van der Waals surface area contributed by atoms with Crippen LogP contribution in [0.15, 0.2) is 36.7 Å². The van der Waals surface area contributed by atoms with Crippen molar-refractivity contribution in [3.05, 3.63) is 63.6 Å². The number of aryl methyl sites for hydroxylation is 2. The molecule has 0 saturated heterocycles. The first-order valence-electron chi connectivity index (χ1n) is 8.30. The molecule has 1 amide bonds. The maximum Gasteiger partial charge on any atom is 0.390 e. The van der Waals surface area contributed by atoms with Crippen LogP contribution in [0.5, 0.6) is 0 Å². The van der Waals surface area contributed by atoms with Crippen molar-refractivity contribution in [2.24, 2.45) is 0 Å². The van der Waals surface area contributed by atoms with Gasteiger partial charge in [-0.2, -0.15) is 4.68 Å². The van der Waals surface area contributed by atoms with Crippen molar-refractivity contribution in [1.82, 2.24) is 24.5 Å². The van der Waals surface area contributed by atoms with E-state index in [0.29, 0.717) is 12.2 Å². The molecule has 3 aromatic rings. The van der Waals surface area contributed by atoms with Crippen LogP contribution in [0.4, 0.5) is 11.8 Å². The van der Waals surface area contributed by atoms with Crippen LogP contribution in [0.1, 0.15) is 29.8 Å². The van der Waals surface area contributed by atoms with Gasteiger partial charge in [-0.25, -0.2) is 9.67 Å². The summed E-state index contributed by atoms with van der Waals surface area (Å²) < 4.78 is 2.93. The van der Waals surface area contributed by atoms with Gasteiger partial charge < -0.3 is 10.1 Å². The minimum Gasteiger partial charge on any atom is -0.358 e. The van der Waals surface area contributed by atoms with Gasteiger partial charge in [0, 0.05) is 0 Å². The molecule has 0 aliphatic rings. The summed E-state index contributed by atoms with van der Waals surface area (Å²) in [4.78, 5) is 26.8. The molecule has 0 aliphatic heterocycles. The molecule has 2 aromatic heterocycles. The molecule has 0 bridgehead atoms. The number of amides is 1. The minimum atomic E-state index is -0.748. The predicted octanol–water partition coefficient (Wildman–Crippen LogP) is 2.25. The van der Waals surface area contributed by atoms with E-state index in [2.05, 4.69) is 20.5 Å². The van der Waals surface area contributed by atoms with Crippen molar-refractivity contribution in [3.63, 3.8) is 0 Å². The lowest BCUT2D eigenvalue weighted by Crippen LogP contribution is -2.25. The van der Waals surface area contributed by atoms with Crippen molar-refractivity contribution < 1.29 is 9.72 Å². The van der Waals surface area contributed by atoms with Gasteiger partial charge in [0.1, 0.15) is 12.4 Å². The Morgan fingerprint density at radius 2 is 2.04 bits per heavy atom. The zero-order valence-corrected chi connectivity index (χ0v) is 15.2. The lowest BCUT2D eigenvalue weighted by Gasteiger charge is -2.09. The fourth-order valence-corrected chi connectivity index (χ4v) is 2.67. The standard InChI is InChI=1S/C17H19N7O3/c1-11-6-4-5-7-14(11)9-22-10-18-17(21-22)19-16(25)13(3)23-12(2)8-15(20-23)24(26)27/h4-8,10,13H,9H2,1-3H3,(H,19,21,25). The number of nitrogens with zero attached hydrogens (tertiary/aromatic N) is 6. The summed E-state index contributed by atoms with van der Waals surface area (Å²) in [5.41, 5.74) is 2.76. The van der Waals surface area contributed by atoms with Crippen LogP contribution in [0.2, 0.25) is 0 Å². The Morgan fingerprint density at radius 3 is 2.70 bits per heavy atom. The second-order valence-electron chi connectivity index (χ2n) is 6.20. The lowest BCUT2D eigenvalue weighted by molar-refractivity contribution is -0.389. The smallest absolute Gasteiger partial charge is 0.358 e. The quantitative estimate of drug-likeness (QED) is 0.525. The molecule has 1 aromatic carbocycles. The summed E-state index contributed by atoms with van der Waals surface area (Å²) in [7, 11) is 0.